The summed E-state index contributed by atoms with van der Waals surface area (Å²) in [6.45, 7) is 6.35. The molecule has 3 unspecified atom stereocenters. The van der Waals surface area contributed by atoms with Crippen LogP contribution in [-0.4, -0.2) is 46.6 Å². The van der Waals surface area contributed by atoms with Crippen molar-refractivity contribution < 1.29 is 19.1 Å². The summed E-state index contributed by atoms with van der Waals surface area (Å²) < 4.78 is 6.56. The number of ether oxygens (including phenoxy) is 1. The summed E-state index contributed by atoms with van der Waals surface area (Å²) >= 11 is 1.19. The van der Waals surface area contributed by atoms with Crippen LogP contribution in [0.5, 0.6) is 11.5 Å². The summed E-state index contributed by atoms with van der Waals surface area (Å²) in [5.74, 6) is 0.119. The molecular formula is C32H32N6O4S. The molecule has 0 saturated carbocycles. The number of aromatic nitrogens is 1. The maximum atomic E-state index is 14.1. The van der Waals surface area contributed by atoms with Gasteiger partial charge in [-0.3, -0.25) is 19.4 Å². The Bertz CT molecular complexity index is 1790. The van der Waals surface area contributed by atoms with Crippen LogP contribution in [0.25, 0.3) is 10.1 Å². The molecule has 2 aliphatic rings. The van der Waals surface area contributed by atoms with Crippen molar-refractivity contribution in [1.82, 2.24) is 15.2 Å². The number of para-hydroxylation sites is 1. The monoisotopic (exact) mass is 596 g/mol. The highest BCUT2D eigenvalue weighted by Gasteiger charge is 2.50. The maximum absolute atomic E-state index is 14.1. The lowest BCUT2D eigenvalue weighted by molar-refractivity contribution is -0.127. The number of hydrogen-bond acceptors (Lipinski definition) is 9. The Balaban J connectivity index is 1.39. The summed E-state index contributed by atoms with van der Waals surface area (Å²) in [6.07, 6.45) is 4.26. The number of carbonyl (C=O) groups is 3. The lowest BCUT2D eigenvalue weighted by atomic mass is 9.71. The van der Waals surface area contributed by atoms with Crippen LogP contribution in [0.3, 0.4) is 0 Å². The number of thiophene rings is 1. The molecule has 2 amide bonds. The van der Waals surface area contributed by atoms with Gasteiger partial charge in [0.2, 0.25) is 5.91 Å². The average molecular weight is 597 g/mol. The standard InChI is InChI=1S/C32H32N6O4S/c1-3-23(39)38-13-7-8-18(16-38)37-31(41)28-25-24-21(11-12-22(33)27(24)43-28)32(35,30(40)26(25)34)29-17(2)14-20(15-36-29)42-19-9-5-4-6-10-19/h3-6,9-12,14-15,18,26H,1,7-8,13,16,33-35H2,2H3,(H,37,41). The van der Waals surface area contributed by atoms with E-state index in [-0.39, 0.29) is 17.9 Å². The molecule has 43 heavy (non-hydrogen) atoms. The van der Waals surface area contributed by atoms with E-state index in [0.29, 0.717) is 74.0 Å². The number of Topliss-reactive ketones (excluding diaryl/α,β-unsaturated/α-hetero) is 1. The summed E-state index contributed by atoms with van der Waals surface area (Å²) in [4.78, 5) is 46.6. The highest BCUT2D eigenvalue weighted by atomic mass is 32.1. The first kappa shape index (κ1) is 28.5. The van der Waals surface area contributed by atoms with Crippen molar-refractivity contribution in [3.63, 3.8) is 0 Å². The van der Waals surface area contributed by atoms with Crippen LogP contribution in [0, 0.1) is 6.92 Å². The Hall–Kier alpha value is -4.58. The Labute approximate surface area is 252 Å². The van der Waals surface area contributed by atoms with Gasteiger partial charge >= 0.3 is 0 Å². The normalized spacial score (nSPS) is 21.5. The van der Waals surface area contributed by atoms with E-state index in [9.17, 15) is 14.4 Å². The van der Waals surface area contributed by atoms with Gasteiger partial charge in [0.05, 0.1) is 27.5 Å². The number of nitrogens with zero attached hydrogens (tertiary/aromatic N) is 2. The zero-order chi connectivity index (χ0) is 30.5. The predicted molar refractivity (Wildman–Crippen MR) is 166 cm³/mol. The lowest BCUT2D eigenvalue weighted by Gasteiger charge is -2.36. The van der Waals surface area contributed by atoms with Crippen LogP contribution in [0.2, 0.25) is 0 Å². The van der Waals surface area contributed by atoms with Crippen LogP contribution >= 0.6 is 11.3 Å². The Kier molecular flexibility index (Phi) is 7.25. The van der Waals surface area contributed by atoms with Gasteiger partial charge in [-0.2, -0.15) is 0 Å². The molecule has 1 aliphatic heterocycles. The van der Waals surface area contributed by atoms with E-state index < -0.39 is 17.4 Å². The molecule has 3 atom stereocenters. The third kappa shape index (κ3) is 4.75. The zero-order valence-electron chi connectivity index (χ0n) is 23.6. The van der Waals surface area contributed by atoms with Crippen molar-refractivity contribution in [2.45, 2.75) is 37.4 Å². The van der Waals surface area contributed by atoms with Gasteiger partial charge in [-0.15, -0.1) is 11.3 Å². The van der Waals surface area contributed by atoms with E-state index in [1.807, 2.05) is 37.3 Å². The molecule has 220 valence electrons. The molecule has 0 bridgehead atoms. The Morgan fingerprint density at radius 2 is 1.98 bits per heavy atom. The number of ketones is 1. The fourth-order valence-corrected chi connectivity index (χ4v) is 7.31. The van der Waals surface area contributed by atoms with E-state index >= 15 is 0 Å². The van der Waals surface area contributed by atoms with E-state index in [2.05, 4.69) is 16.9 Å². The van der Waals surface area contributed by atoms with E-state index in [1.54, 1.807) is 23.1 Å². The number of nitrogen functional groups attached to an aromatic ring is 1. The number of benzene rings is 2. The molecule has 0 spiro atoms. The number of nitrogens with one attached hydrogen (secondary N) is 1. The minimum atomic E-state index is -1.68. The van der Waals surface area contributed by atoms with Crippen molar-refractivity contribution in [1.29, 1.82) is 0 Å². The van der Waals surface area contributed by atoms with Crippen molar-refractivity contribution in [2.75, 3.05) is 18.8 Å². The van der Waals surface area contributed by atoms with Gasteiger partial charge in [0, 0.05) is 35.8 Å². The average Bonchev–Trinajstić information content (AvgIpc) is 3.42. The van der Waals surface area contributed by atoms with E-state index in [4.69, 9.17) is 21.9 Å². The second-order valence-electron chi connectivity index (χ2n) is 11.0. The van der Waals surface area contributed by atoms with Crippen LogP contribution in [0.4, 0.5) is 5.69 Å². The molecular weight excluding hydrogens is 564 g/mol. The van der Waals surface area contributed by atoms with Gasteiger partial charge in [-0.05, 0) is 61.2 Å². The van der Waals surface area contributed by atoms with Crippen molar-refractivity contribution in [3.8, 4) is 11.5 Å². The number of carbonyl (C=O) groups excluding carboxylic acids is 3. The third-order valence-electron chi connectivity index (χ3n) is 8.17. The first-order valence-electron chi connectivity index (χ1n) is 14.0. The molecule has 3 heterocycles. The van der Waals surface area contributed by atoms with Gasteiger partial charge in [0.1, 0.15) is 17.0 Å². The topological polar surface area (TPSA) is 167 Å². The summed E-state index contributed by atoms with van der Waals surface area (Å²) in [5.41, 5.74) is 20.7. The van der Waals surface area contributed by atoms with E-state index in [1.165, 1.54) is 23.6 Å². The summed E-state index contributed by atoms with van der Waals surface area (Å²) in [6, 6.07) is 13.0. The number of pyridine rings is 1. The number of nitrogens with two attached hydrogens (primary N) is 3. The van der Waals surface area contributed by atoms with E-state index in [0.717, 1.165) is 6.42 Å². The largest absolute Gasteiger partial charge is 0.456 e. The molecule has 2 aromatic heterocycles. The molecule has 6 rings (SSSR count). The van der Waals surface area contributed by atoms with Crippen LogP contribution < -0.4 is 27.3 Å². The van der Waals surface area contributed by atoms with Gasteiger partial charge in [-0.25, -0.2) is 0 Å². The second kappa shape index (κ2) is 10.9. The first-order chi connectivity index (χ1) is 20.6. The minimum absolute atomic E-state index is 0.177. The number of likely N-dealkylation sites (tertiary alicyclic amines) is 1. The summed E-state index contributed by atoms with van der Waals surface area (Å²) in [5, 5.41) is 3.64. The SMILES string of the molecule is C=CC(=O)N1CCCC(NC(=O)c2sc3c(N)ccc4c3c2C(N)C(=O)C4(N)c2ncc(Oc3ccccc3)cc2C)C1. The number of rotatable bonds is 6. The van der Waals surface area contributed by atoms with Gasteiger partial charge < -0.3 is 32.2 Å². The number of hydrogen-bond donors (Lipinski definition) is 4. The van der Waals surface area contributed by atoms with Gasteiger partial charge in [0.25, 0.3) is 5.91 Å². The maximum Gasteiger partial charge on any atom is 0.262 e. The fourth-order valence-electron chi connectivity index (χ4n) is 6.11. The van der Waals surface area contributed by atoms with Crippen molar-refractivity contribution in [2.24, 2.45) is 11.5 Å². The van der Waals surface area contributed by atoms with Crippen LogP contribution in [-0.2, 0) is 15.1 Å². The second-order valence-corrected chi connectivity index (χ2v) is 12.0. The molecule has 1 saturated heterocycles. The van der Waals surface area contributed by atoms with Crippen molar-refractivity contribution >= 4 is 44.7 Å². The lowest BCUT2D eigenvalue weighted by Crippen LogP contribution is -2.53. The highest BCUT2D eigenvalue weighted by molar-refractivity contribution is 7.21. The first-order valence-corrected chi connectivity index (χ1v) is 14.8. The molecule has 10 nitrogen and oxygen atoms in total. The minimum Gasteiger partial charge on any atom is -0.456 e. The number of piperidine rings is 1. The zero-order valence-corrected chi connectivity index (χ0v) is 24.4. The molecule has 7 N–H and O–H groups in total. The van der Waals surface area contributed by atoms with Crippen LogP contribution in [0.15, 0.2) is 67.4 Å². The Morgan fingerprint density at radius 3 is 2.70 bits per heavy atom. The van der Waals surface area contributed by atoms with Crippen molar-refractivity contribution in [3.05, 3.63) is 94.6 Å². The van der Waals surface area contributed by atoms with Gasteiger partial charge in [-0.1, -0.05) is 30.8 Å². The Morgan fingerprint density at radius 1 is 1.21 bits per heavy atom. The number of amides is 2. The molecule has 1 aliphatic carbocycles. The fraction of sp³-hybridized carbons (Fsp3) is 0.250. The third-order valence-corrected chi connectivity index (χ3v) is 9.42. The molecule has 2 aromatic carbocycles. The molecule has 4 aromatic rings. The highest BCUT2D eigenvalue weighted by Crippen LogP contribution is 2.49. The number of anilines is 1. The molecule has 1 fully saturated rings. The quantitative estimate of drug-likeness (QED) is 0.193. The van der Waals surface area contributed by atoms with Crippen LogP contribution in [0.1, 0.15) is 50.9 Å². The summed E-state index contributed by atoms with van der Waals surface area (Å²) in [7, 11) is 0. The van der Waals surface area contributed by atoms with Gasteiger partial charge in [0.15, 0.2) is 5.78 Å². The predicted octanol–water partition coefficient (Wildman–Crippen LogP) is 3.67. The smallest absolute Gasteiger partial charge is 0.262 e. The number of aryl methyl sites for hydroxylation is 1. The molecule has 11 heteroatoms. The molecule has 0 radical (unpaired) electrons.